The van der Waals surface area contributed by atoms with Crippen LogP contribution in [0.4, 0.5) is 0 Å². The fourth-order valence-corrected chi connectivity index (χ4v) is 3.05. The Morgan fingerprint density at radius 3 is 2.52 bits per heavy atom. The second-order valence-corrected chi connectivity index (χ2v) is 6.56. The van der Waals surface area contributed by atoms with Crippen LogP contribution in [0.2, 0.25) is 0 Å². The number of benzene rings is 1. The molecular formula is C14H21NO5S. The van der Waals surface area contributed by atoms with Crippen LogP contribution in [-0.4, -0.2) is 46.0 Å². The van der Waals surface area contributed by atoms with Gasteiger partial charge in [0.2, 0.25) is 10.0 Å². The number of carbonyl (C=O) groups excluding carboxylic acids is 1. The summed E-state index contributed by atoms with van der Waals surface area (Å²) in [5.41, 5.74) is 0.734. The highest BCUT2D eigenvalue weighted by atomic mass is 32.2. The van der Waals surface area contributed by atoms with Gasteiger partial charge < -0.3 is 9.47 Å². The number of hydrogen-bond acceptors (Lipinski definition) is 5. The maximum absolute atomic E-state index is 12.4. The molecule has 1 aromatic carbocycles. The molecule has 0 aromatic heterocycles. The molecule has 0 aliphatic rings. The predicted molar refractivity (Wildman–Crippen MR) is 78.8 cm³/mol. The second-order valence-electron chi connectivity index (χ2n) is 4.51. The summed E-state index contributed by atoms with van der Waals surface area (Å²) in [6, 6.07) is 4.65. The predicted octanol–water partition coefficient (Wildman–Crippen LogP) is 1.58. The molecule has 0 fully saturated rings. The van der Waals surface area contributed by atoms with Crippen LogP contribution in [0, 0.1) is 6.92 Å². The van der Waals surface area contributed by atoms with E-state index in [4.69, 9.17) is 9.47 Å². The first-order valence-electron chi connectivity index (χ1n) is 6.59. The zero-order valence-corrected chi connectivity index (χ0v) is 13.6. The SMILES string of the molecule is CCOC(=O)CCN(C)S(=O)(=O)c1ccc(OC)c(C)c1. The quantitative estimate of drug-likeness (QED) is 0.714. The first kappa shape index (κ1) is 17.5. The summed E-state index contributed by atoms with van der Waals surface area (Å²) in [5.74, 6) is 0.216. The van der Waals surface area contributed by atoms with Crippen molar-refractivity contribution in [2.24, 2.45) is 0 Å². The normalized spacial score (nSPS) is 11.5. The largest absolute Gasteiger partial charge is 0.496 e. The molecule has 0 N–H and O–H groups in total. The lowest BCUT2D eigenvalue weighted by molar-refractivity contribution is -0.143. The number of nitrogens with zero attached hydrogens (tertiary/aromatic N) is 1. The van der Waals surface area contributed by atoms with Gasteiger partial charge in [0.25, 0.3) is 0 Å². The Labute approximate surface area is 125 Å². The number of rotatable bonds is 7. The van der Waals surface area contributed by atoms with Crippen molar-refractivity contribution in [2.45, 2.75) is 25.2 Å². The lowest BCUT2D eigenvalue weighted by atomic mass is 10.2. The number of methoxy groups -OCH3 is 1. The van der Waals surface area contributed by atoms with Crippen LogP contribution in [0.25, 0.3) is 0 Å². The summed E-state index contributed by atoms with van der Waals surface area (Å²) in [6.07, 6.45) is 0.0265. The monoisotopic (exact) mass is 315 g/mol. The Morgan fingerprint density at radius 1 is 1.33 bits per heavy atom. The van der Waals surface area contributed by atoms with Crippen molar-refractivity contribution in [3.05, 3.63) is 23.8 Å². The van der Waals surface area contributed by atoms with E-state index >= 15 is 0 Å². The van der Waals surface area contributed by atoms with Crippen molar-refractivity contribution in [3.8, 4) is 5.75 Å². The zero-order valence-electron chi connectivity index (χ0n) is 12.8. The lowest BCUT2D eigenvalue weighted by Crippen LogP contribution is -2.29. The van der Waals surface area contributed by atoms with Gasteiger partial charge in [0.1, 0.15) is 5.75 Å². The third-order valence-electron chi connectivity index (χ3n) is 3.01. The molecule has 0 bridgehead atoms. The molecule has 0 heterocycles. The van der Waals surface area contributed by atoms with E-state index in [2.05, 4.69) is 0 Å². The van der Waals surface area contributed by atoms with E-state index in [1.807, 2.05) is 0 Å². The van der Waals surface area contributed by atoms with Gasteiger partial charge in [-0.1, -0.05) is 0 Å². The van der Waals surface area contributed by atoms with Crippen molar-refractivity contribution in [1.29, 1.82) is 0 Å². The number of esters is 1. The number of carbonyl (C=O) groups is 1. The molecule has 1 rings (SSSR count). The van der Waals surface area contributed by atoms with E-state index in [9.17, 15) is 13.2 Å². The molecule has 0 radical (unpaired) electrons. The molecule has 21 heavy (non-hydrogen) atoms. The van der Waals surface area contributed by atoms with Gasteiger partial charge in [-0.05, 0) is 37.6 Å². The molecule has 0 saturated carbocycles. The fraction of sp³-hybridized carbons (Fsp3) is 0.500. The zero-order chi connectivity index (χ0) is 16.0. The number of aryl methyl sites for hydroxylation is 1. The number of sulfonamides is 1. The average molecular weight is 315 g/mol. The third kappa shape index (κ3) is 4.44. The van der Waals surface area contributed by atoms with Crippen molar-refractivity contribution >= 4 is 16.0 Å². The van der Waals surface area contributed by atoms with Crippen molar-refractivity contribution in [1.82, 2.24) is 4.31 Å². The van der Waals surface area contributed by atoms with E-state index < -0.39 is 16.0 Å². The summed E-state index contributed by atoms with van der Waals surface area (Å²) >= 11 is 0. The minimum Gasteiger partial charge on any atom is -0.496 e. The summed E-state index contributed by atoms with van der Waals surface area (Å²) in [7, 11) is -0.659. The van der Waals surface area contributed by atoms with Crippen LogP contribution in [0.1, 0.15) is 18.9 Å². The van der Waals surface area contributed by atoms with Gasteiger partial charge in [0.05, 0.1) is 25.0 Å². The van der Waals surface area contributed by atoms with E-state index in [1.165, 1.54) is 20.2 Å². The van der Waals surface area contributed by atoms with Gasteiger partial charge in [-0.3, -0.25) is 4.79 Å². The molecule has 0 saturated heterocycles. The van der Waals surface area contributed by atoms with E-state index in [1.54, 1.807) is 26.0 Å². The summed E-state index contributed by atoms with van der Waals surface area (Å²) in [5, 5.41) is 0. The molecule has 7 heteroatoms. The molecule has 0 unspecified atom stereocenters. The van der Waals surface area contributed by atoms with E-state index in [0.717, 1.165) is 9.87 Å². The van der Waals surface area contributed by atoms with Crippen molar-refractivity contribution < 1.29 is 22.7 Å². The fourth-order valence-electron chi connectivity index (χ4n) is 1.79. The third-order valence-corrected chi connectivity index (χ3v) is 4.86. The van der Waals surface area contributed by atoms with Gasteiger partial charge in [-0.25, -0.2) is 12.7 Å². The lowest BCUT2D eigenvalue weighted by Gasteiger charge is -2.17. The van der Waals surface area contributed by atoms with Gasteiger partial charge >= 0.3 is 5.97 Å². The highest BCUT2D eigenvalue weighted by molar-refractivity contribution is 7.89. The first-order valence-corrected chi connectivity index (χ1v) is 8.03. The van der Waals surface area contributed by atoms with Gasteiger partial charge in [-0.15, -0.1) is 0 Å². The molecule has 0 aliphatic carbocycles. The van der Waals surface area contributed by atoms with Crippen LogP contribution in [-0.2, 0) is 19.6 Å². The maximum Gasteiger partial charge on any atom is 0.307 e. The molecule has 118 valence electrons. The summed E-state index contributed by atoms with van der Waals surface area (Å²) in [6.45, 7) is 3.84. The molecule has 6 nitrogen and oxygen atoms in total. The first-order chi connectivity index (χ1) is 9.82. The van der Waals surface area contributed by atoms with Crippen molar-refractivity contribution in [3.63, 3.8) is 0 Å². The molecule has 0 aliphatic heterocycles. The topological polar surface area (TPSA) is 72.9 Å². The Balaban J connectivity index is 2.85. The highest BCUT2D eigenvalue weighted by Gasteiger charge is 2.22. The standard InChI is InChI=1S/C14H21NO5S/c1-5-20-14(16)8-9-15(3)21(17,18)12-6-7-13(19-4)11(2)10-12/h6-7,10H,5,8-9H2,1-4H3. The minimum absolute atomic E-state index is 0.0265. The Morgan fingerprint density at radius 2 is 2.00 bits per heavy atom. The smallest absolute Gasteiger partial charge is 0.307 e. The summed E-state index contributed by atoms with van der Waals surface area (Å²) < 4.78 is 35.8. The van der Waals surface area contributed by atoms with E-state index in [0.29, 0.717) is 5.75 Å². The van der Waals surface area contributed by atoms with Crippen LogP contribution < -0.4 is 4.74 Å². The van der Waals surface area contributed by atoms with Crippen LogP contribution in [0.5, 0.6) is 5.75 Å². The van der Waals surface area contributed by atoms with Gasteiger partial charge in [-0.2, -0.15) is 0 Å². The minimum atomic E-state index is -3.63. The Hall–Kier alpha value is -1.60. The Kier molecular flexibility index (Phi) is 6.17. The van der Waals surface area contributed by atoms with Gasteiger partial charge in [0, 0.05) is 13.6 Å². The molecule has 0 amide bonds. The van der Waals surface area contributed by atoms with Crippen molar-refractivity contribution in [2.75, 3.05) is 27.3 Å². The Bertz CT molecular complexity index is 597. The molecule has 1 aromatic rings. The average Bonchev–Trinajstić information content (AvgIpc) is 2.44. The number of hydrogen-bond donors (Lipinski definition) is 0. The summed E-state index contributed by atoms with van der Waals surface area (Å²) in [4.78, 5) is 11.5. The van der Waals surface area contributed by atoms with E-state index in [-0.39, 0.29) is 24.5 Å². The highest BCUT2D eigenvalue weighted by Crippen LogP contribution is 2.23. The molecule has 0 spiro atoms. The van der Waals surface area contributed by atoms with Crippen LogP contribution in [0.3, 0.4) is 0 Å². The second kappa shape index (κ2) is 7.42. The van der Waals surface area contributed by atoms with Crippen LogP contribution in [0.15, 0.2) is 23.1 Å². The molecular weight excluding hydrogens is 294 g/mol. The molecule has 0 atom stereocenters. The number of ether oxygens (including phenoxy) is 2. The van der Waals surface area contributed by atoms with Crippen LogP contribution >= 0.6 is 0 Å². The maximum atomic E-state index is 12.4. The van der Waals surface area contributed by atoms with Gasteiger partial charge in [0.15, 0.2) is 0 Å².